The number of rotatable bonds is 8. The van der Waals surface area contributed by atoms with E-state index in [4.69, 9.17) is 24.2 Å². The summed E-state index contributed by atoms with van der Waals surface area (Å²) in [6.07, 6.45) is 2.70. The van der Waals surface area contributed by atoms with E-state index in [0.29, 0.717) is 37.4 Å². The number of carbonyl (C=O) groups is 5. The van der Waals surface area contributed by atoms with Gasteiger partial charge < -0.3 is 38.8 Å². The van der Waals surface area contributed by atoms with E-state index in [9.17, 15) is 24.0 Å². The van der Waals surface area contributed by atoms with Crippen molar-refractivity contribution in [2.75, 3.05) is 40.4 Å². The molecular formula is C52H73N9O8S. The van der Waals surface area contributed by atoms with Gasteiger partial charge in [0, 0.05) is 97.9 Å². The summed E-state index contributed by atoms with van der Waals surface area (Å²) in [6.45, 7) is 22.9. The van der Waals surface area contributed by atoms with Gasteiger partial charge in [0.25, 0.3) is 5.91 Å². The molecule has 2 fully saturated rings. The van der Waals surface area contributed by atoms with E-state index >= 15 is 0 Å². The predicted molar refractivity (Wildman–Crippen MR) is 270 cm³/mol. The van der Waals surface area contributed by atoms with Crippen molar-refractivity contribution in [1.29, 1.82) is 0 Å². The van der Waals surface area contributed by atoms with Gasteiger partial charge in [0.15, 0.2) is 0 Å². The minimum atomic E-state index is -1.11. The predicted octanol–water partition coefficient (Wildman–Crippen LogP) is 7.61. The molecule has 0 radical (unpaired) electrons. The van der Waals surface area contributed by atoms with Gasteiger partial charge in [-0.2, -0.15) is 0 Å². The number of nitrogens with one attached hydrogen (secondary N) is 2. The Hall–Kier alpha value is -5.59. The van der Waals surface area contributed by atoms with Crippen LogP contribution in [-0.4, -0.2) is 140 Å². The smallest absolute Gasteiger partial charge is 0.410 e. The van der Waals surface area contributed by atoms with E-state index in [1.807, 2.05) is 66.8 Å². The number of hydrazine groups is 1. The SMILES string of the molecule is CCn1c(-c2cccnc2[C@H](C)OC)c2c3cc(ccc31)-c1csc(n1)C[C@H](NC(=O)[C@H](C(C)C)N(C)C(=O)N1[C@H](C)CN(C(=O)OC(C)(C)C)C[C@H]1C)C(=O)N1CCC[C@H](N1)C(=O)OCC(C)(C)C2. The zero-order chi connectivity index (χ0) is 51.0. The van der Waals surface area contributed by atoms with E-state index in [-0.39, 0.29) is 56.3 Å². The minimum Gasteiger partial charge on any atom is -0.464 e. The summed E-state index contributed by atoms with van der Waals surface area (Å²) in [5.74, 6) is -1.75. The van der Waals surface area contributed by atoms with Gasteiger partial charge in [-0.05, 0) is 103 Å². The van der Waals surface area contributed by atoms with Gasteiger partial charge in [0.2, 0.25) is 5.91 Å². The first-order valence-corrected chi connectivity index (χ1v) is 25.6. The highest BCUT2D eigenvalue weighted by atomic mass is 32.1. The van der Waals surface area contributed by atoms with Gasteiger partial charge in [-0.1, -0.05) is 33.8 Å². The standard InChI is InChI=1S/C52H73N9O8S/c1-14-59-41-20-19-34-23-36(41)37(45(59)35-17-15-21-53-43(35)33(6)67-13)25-52(10,11)29-68-48(64)38-18-16-22-60(56-38)47(63)39(24-42-54-40(34)28-70-42)55-46(62)44(30(2)3)57(12)49(65)61-31(4)26-58(27-32(61)5)50(66)69-51(7,8)9/h15,17,19-21,23,28,30-33,38-39,44,56H,14,16,18,22,24-27,29H2,1-13H3,(H,55,62)/t31-,32-,33+,38+,39+,44+/m1/s1. The highest BCUT2D eigenvalue weighted by Crippen LogP contribution is 2.42. The first-order valence-electron chi connectivity index (χ1n) is 24.7. The zero-order valence-electron chi connectivity index (χ0n) is 43.3. The number of hydrogen-bond acceptors (Lipinski definition) is 12. The molecule has 0 unspecified atom stereocenters. The number of aryl methyl sites for hydroxylation is 1. The number of hydrogen-bond donors (Lipinski definition) is 2. The first-order chi connectivity index (χ1) is 33.0. The lowest BCUT2D eigenvalue weighted by molar-refractivity contribution is -0.155. The molecule has 18 heteroatoms. The summed E-state index contributed by atoms with van der Waals surface area (Å²) >= 11 is 1.40. The minimum absolute atomic E-state index is 0.0607. The van der Waals surface area contributed by atoms with Crippen molar-refractivity contribution in [2.45, 2.75) is 150 Å². The largest absolute Gasteiger partial charge is 0.464 e. The van der Waals surface area contributed by atoms with Crippen molar-refractivity contribution in [3.8, 4) is 22.5 Å². The van der Waals surface area contributed by atoms with Crippen molar-refractivity contribution in [3.63, 3.8) is 0 Å². The molecule has 2 N–H and O–H groups in total. The molecule has 6 heterocycles. The summed E-state index contributed by atoms with van der Waals surface area (Å²) in [5, 5.41) is 8.11. The maximum Gasteiger partial charge on any atom is 0.410 e. The number of pyridine rings is 1. The van der Waals surface area contributed by atoms with Gasteiger partial charge in [0.1, 0.15) is 23.7 Å². The van der Waals surface area contributed by atoms with Crippen molar-refractivity contribution in [1.82, 2.24) is 45.0 Å². The number of likely N-dealkylation sites (N-methyl/N-ethyl adjacent to an activating group) is 1. The maximum atomic E-state index is 14.7. The lowest BCUT2D eigenvalue weighted by Crippen LogP contribution is -2.65. The second kappa shape index (κ2) is 21.0. The summed E-state index contributed by atoms with van der Waals surface area (Å²) in [4.78, 5) is 85.5. The first kappa shape index (κ1) is 52.2. The van der Waals surface area contributed by atoms with E-state index < -0.39 is 53.0 Å². The van der Waals surface area contributed by atoms with Crippen LogP contribution in [0.15, 0.2) is 41.9 Å². The third-order valence-electron chi connectivity index (χ3n) is 13.6. The number of nitrogens with zero attached hydrogens (tertiary/aromatic N) is 7. The topological polar surface area (TPSA) is 181 Å². The second-order valence-corrected chi connectivity index (χ2v) is 22.3. The van der Waals surface area contributed by atoms with Gasteiger partial charge in [-0.25, -0.2) is 20.0 Å². The Kier molecular flexibility index (Phi) is 15.7. The summed E-state index contributed by atoms with van der Waals surface area (Å²) in [6, 6.07) is 6.41. The number of cyclic esters (lactones) is 1. The molecule has 5 amide bonds. The number of urea groups is 1. The third-order valence-corrected chi connectivity index (χ3v) is 14.4. The number of aromatic nitrogens is 3. The molecule has 3 aromatic heterocycles. The number of benzene rings is 1. The van der Waals surface area contributed by atoms with Crippen LogP contribution in [0.2, 0.25) is 0 Å². The van der Waals surface area contributed by atoms with Crippen LogP contribution in [0.25, 0.3) is 33.4 Å². The van der Waals surface area contributed by atoms with E-state index in [1.165, 1.54) is 21.2 Å². The van der Waals surface area contributed by atoms with Crippen LogP contribution in [0, 0.1) is 11.3 Å². The Balaban J connectivity index is 1.23. The molecule has 1 aromatic carbocycles. The zero-order valence-corrected chi connectivity index (χ0v) is 44.1. The van der Waals surface area contributed by atoms with Gasteiger partial charge >= 0.3 is 18.1 Å². The van der Waals surface area contributed by atoms with Crippen LogP contribution >= 0.6 is 11.3 Å². The molecule has 380 valence electrons. The molecule has 0 aliphatic carbocycles. The van der Waals surface area contributed by atoms with E-state index in [2.05, 4.69) is 60.3 Å². The van der Waals surface area contributed by atoms with Crippen molar-refractivity contribution >= 4 is 52.1 Å². The molecule has 0 saturated carbocycles. The fourth-order valence-corrected chi connectivity index (χ4v) is 11.1. The van der Waals surface area contributed by atoms with Gasteiger partial charge in [0.05, 0.1) is 34.8 Å². The summed E-state index contributed by atoms with van der Waals surface area (Å²) < 4.78 is 19.9. The Labute approximate surface area is 416 Å². The molecule has 2 saturated heterocycles. The molecule has 7 rings (SSSR count). The van der Waals surface area contributed by atoms with E-state index in [0.717, 1.165) is 44.7 Å². The van der Waals surface area contributed by atoms with Crippen LogP contribution in [-0.2, 0) is 48.0 Å². The second-order valence-electron chi connectivity index (χ2n) is 21.3. The van der Waals surface area contributed by atoms with Crippen molar-refractivity contribution < 1.29 is 38.2 Å². The highest BCUT2D eigenvalue weighted by molar-refractivity contribution is 7.10. The number of piperazine rings is 1. The number of fused-ring (bicyclic) bond motifs is 6. The monoisotopic (exact) mass is 984 g/mol. The average Bonchev–Trinajstić information content (AvgIpc) is 3.90. The lowest BCUT2D eigenvalue weighted by Gasteiger charge is -2.46. The quantitative estimate of drug-likeness (QED) is 0.166. The van der Waals surface area contributed by atoms with Crippen LogP contribution in [0.1, 0.15) is 111 Å². The number of ether oxygens (including phenoxy) is 3. The number of amides is 5. The Morgan fingerprint density at radius 3 is 2.46 bits per heavy atom. The normalized spacial score (nSPS) is 22.1. The molecule has 3 aliphatic rings. The number of methoxy groups -OCH3 is 1. The Morgan fingerprint density at radius 2 is 1.80 bits per heavy atom. The summed E-state index contributed by atoms with van der Waals surface area (Å²) in [5.41, 5.74) is 8.56. The highest BCUT2D eigenvalue weighted by Gasteiger charge is 2.42. The summed E-state index contributed by atoms with van der Waals surface area (Å²) in [7, 11) is 3.29. The number of thiazole rings is 1. The van der Waals surface area contributed by atoms with Crippen LogP contribution in [0.5, 0.6) is 0 Å². The van der Waals surface area contributed by atoms with Crippen LogP contribution < -0.4 is 10.7 Å². The molecule has 4 aromatic rings. The van der Waals surface area contributed by atoms with E-state index in [1.54, 1.807) is 30.2 Å². The molecule has 3 aliphatic heterocycles. The Bertz CT molecular complexity index is 2570. The molecule has 70 heavy (non-hydrogen) atoms. The Morgan fingerprint density at radius 1 is 1.09 bits per heavy atom. The molecule has 6 atom stereocenters. The molecule has 0 spiro atoms. The number of esters is 1. The molecular weight excluding hydrogens is 911 g/mol. The lowest BCUT2D eigenvalue weighted by atomic mass is 9.84. The van der Waals surface area contributed by atoms with Gasteiger partial charge in [-0.3, -0.25) is 24.4 Å². The fourth-order valence-electron chi connectivity index (χ4n) is 10.2. The maximum absolute atomic E-state index is 14.7. The van der Waals surface area contributed by atoms with Crippen LogP contribution in [0.3, 0.4) is 0 Å². The van der Waals surface area contributed by atoms with Crippen molar-refractivity contribution in [3.05, 3.63) is 58.2 Å². The van der Waals surface area contributed by atoms with Crippen molar-refractivity contribution in [2.24, 2.45) is 11.3 Å². The molecule has 17 nitrogen and oxygen atoms in total. The average molecular weight is 984 g/mol. The fraction of sp³-hybridized carbons (Fsp3) is 0.596. The van der Waals surface area contributed by atoms with Crippen LogP contribution in [0.4, 0.5) is 9.59 Å². The number of carbonyl (C=O) groups excluding carboxylic acids is 5. The van der Waals surface area contributed by atoms with Gasteiger partial charge in [-0.15, -0.1) is 11.3 Å². The third kappa shape index (κ3) is 11.1. The molecule has 6 bridgehead atoms.